The molecule has 1 radical (unpaired) electrons. The van der Waals surface area contributed by atoms with Gasteiger partial charge in [-0.2, -0.15) is 0 Å². The predicted octanol–water partition coefficient (Wildman–Crippen LogP) is 1.42. The van der Waals surface area contributed by atoms with Crippen LogP contribution in [0, 0.1) is 0 Å². The molecule has 0 saturated heterocycles. The van der Waals surface area contributed by atoms with Crippen molar-refractivity contribution in [2.45, 2.75) is 46.5 Å². The van der Waals surface area contributed by atoms with Crippen molar-refractivity contribution in [2.24, 2.45) is 0 Å². The molecule has 0 heterocycles. The fraction of sp³-hybridized carbons (Fsp3) is 0.636. The number of carbonyl (C=O) groups excluding carboxylic acids is 2. The maximum atomic E-state index is 11.4. The lowest BCUT2D eigenvalue weighted by molar-refractivity contribution is -0.119. The van der Waals surface area contributed by atoms with Gasteiger partial charge in [-0.3, -0.25) is 9.59 Å². The van der Waals surface area contributed by atoms with Crippen LogP contribution in [0.4, 0.5) is 0 Å². The first-order chi connectivity index (χ1) is 7.63. The van der Waals surface area contributed by atoms with Crippen LogP contribution in [0.25, 0.3) is 0 Å². The molecule has 0 saturated carbocycles. The largest absolute Gasteiger partial charge is 0.361 e. The summed E-state index contributed by atoms with van der Waals surface area (Å²) in [4.78, 5) is 28.5. The Morgan fingerprint density at radius 3 is 1.81 bits per heavy atom. The molecule has 5 heteroatoms. The number of allylic oxidation sites excluding steroid dienone is 1. The van der Waals surface area contributed by atoms with Crippen molar-refractivity contribution in [3.05, 3.63) is 11.8 Å². The SMILES string of the molecule is CC=C[Si](NC(=O)CCC)NC(=O)CCC. The number of nitrogens with one attached hydrogen (secondary N) is 2. The van der Waals surface area contributed by atoms with E-state index in [4.69, 9.17) is 0 Å². The van der Waals surface area contributed by atoms with E-state index in [9.17, 15) is 9.59 Å². The minimum Gasteiger partial charge on any atom is -0.361 e. The van der Waals surface area contributed by atoms with Gasteiger partial charge in [0.15, 0.2) is 0 Å². The molecule has 0 spiro atoms. The summed E-state index contributed by atoms with van der Waals surface area (Å²) in [5, 5.41) is 0. The molecule has 0 aliphatic rings. The molecule has 0 rings (SSSR count). The summed E-state index contributed by atoms with van der Waals surface area (Å²) in [6, 6.07) is 0. The first-order valence-corrected chi connectivity index (χ1v) is 7.31. The number of hydrogen-bond acceptors (Lipinski definition) is 2. The minimum atomic E-state index is -1.42. The summed E-state index contributed by atoms with van der Waals surface area (Å²) in [5.41, 5.74) is 1.87. The van der Waals surface area contributed by atoms with Gasteiger partial charge in [0.1, 0.15) is 0 Å². The summed E-state index contributed by atoms with van der Waals surface area (Å²) in [6.45, 7) is 5.79. The number of rotatable bonds is 7. The summed E-state index contributed by atoms with van der Waals surface area (Å²) < 4.78 is 0. The summed E-state index contributed by atoms with van der Waals surface area (Å²) >= 11 is 0. The Hall–Kier alpha value is -1.10. The normalized spacial score (nSPS) is 10.8. The molecule has 0 aliphatic heterocycles. The molecule has 0 bridgehead atoms. The van der Waals surface area contributed by atoms with Crippen LogP contribution in [-0.2, 0) is 9.59 Å². The predicted molar refractivity (Wildman–Crippen MR) is 66.7 cm³/mol. The summed E-state index contributed by atoms with van der Waals surface area (Å²) in [5.74, 6) is 0.0116. The third-order valence-corrected chi connectivity index (χ3v) is 3.60. The number of amides is 2. The summed E-state index contributed by atoms with van der Waals surface area (Å²) in [6.07, 6.45) is 4.51. The van der Waals surface area contributed by atoms with E-state index in [1.54, 1.807) is 0 Å². The average molecular weight is 241 g/mol. The van der Waals surface area contributed by atoms with Crippen molar-refractivity contribution in [1.82, 2.24) is 9.96 Å². The third kappa shape index (κ3) is 7.22. The summed E-state index contributed by atoms with van der Waals surface area (Å²) in [7, 11) is -1.42. The van der Waals surface area contributed by atoms with E-state index in [-0.39, 0.29) is 11.8 Å². The van der Waals surface area contributed by atoms with Crippen LogP contribution in [-0.4, -0.2) is 20.9 Å². The third-order valence-electron chi connectivity index (χ3n) is 1.84. The van der Waals surface area contributed by atoms with E-state index in [0.29, 0.717) is 12.8 Å². The van der Waals surface area contributed by atoms with Gasteiger partial charge in [0.05, 0.1) is 0 Å². The molecular formula is C11H21N2O2Si. The highest BCUT2D eigenvalue weighted by Crippen LogP contribution is 1.90. The Bertz CT molecular complexity index is 234. The smallest absolute Gasteiger partial charge is 0.326 e. The van der Waals surface area contributed by atoms with Crippen molar-refractivity contribution < 1.29 is 9.59 Å². The monoisotopic (exact) mass is 241 g/mol. The number of hydrogen-bond donors (Lipinski definition) is 2. The zero-order valence-electron chi connectivity index (χ0n) is 10.3. The van der Waals surface area contributed by atoms with E-state index < -0.39 is 9.12 Å². The quantitative estimate of drug-likeness (QED) is 0.662. The molecule has 0 aromatic carbocycles. The highest BCUT2D eigenvalue weighted by molar-refractivity contribution is 6.64. The first-order valence-electron chi connectivity index (χ1n) is 5.73. The van der Waals surface area contributed by atoms with E-state index in [1.165, 1.54) is 0 Å². The van der Waals surface area contributed by atoms with Gasteiger partial charge >= 0.3 is 9.12 Å². The molecule has 0 aliphatic carbocycles. The second-order valence-electron chi connectivity index (χ2n) is 3.51. The molecule has 91 valence electrons. The standard InChI is InChI=1S/C11H21N2O2Si/c1-4-7-10(14)12-16(9-6-3)13-11(15)8-5-2/h6,9H,4-5,7-8H2,1-3H3,(H,12,14)(H,13,15). The maximum absolute atomic E-state index is 11.4. The lowest BCUT2D eigenvalue weighted by atomic mass is 10.3. The topological polar surface area (TPSA) is 58.2 Å². The van der Waals surface area contributed by atoms with Crippen molar-refractivity contribution in [3.63, 3.8) is 0 Å². The second-order valence-corrected chi connectivity index (χ2v) is 5.17. The lowest BCUT2D eigenvalue weighted by Gasteiger charge is -2.13. The Balaban J connectivity index is 4.16. The highest BCUT2D eigenvalue weighted by Gasteiger charge is 2.14. The van der Waals surface area contributed by atoms with Gasteiger partial charge in [-0.1, -0.05) is 25.6 Å². The zero-order valence-corrected chi connectivity index (χ0v) is 11.3. The van der Waals surface area contributed by atoms with Crippen molar-refractivity contribution in [2.75, 3.05) is 0 Å². The van der Waals surface area contributed by atoms with Gasteiger partial charge in [-0.25, -0.2) is 0 Å². The van der Waals surface area contributed by atoms with Gasteiger partial charge in [0.2, 0.25) is 11.8 Å². The van der Waals surface area contributed by atoms with E-state index in [0.717, 1.165) is 12.8 Å². The zero-order chi connectivity index (χ0) is 12.4. The molecule has 2 N–H and O–H groups in total. The van der Waals surface area contributed by atoms with Crippen LogP contribution < -0.4 is 9.96 Å². The molecular weight excluding hydrogens is 220 g/mol. The van der Waals surface area contributed by atoms with Crippen LogP contribution in [0.3, 0.4) is 0 Å². The Kier molecular flexibility index (Phi) is 8.52. The molecule has 0 fully saturated rings. The molecule has 0 aromatic rings. The van der Waals surface area contributed by atoms with Crippen LogP contribution in [0.15, 0.2) is 11.8 Å². The van der Waals surface area contributed by atoms with Gasteiger partial charge in [-0.15, -0.1) is 0 Å². The molecule has 0 atom stereocenters. The van der Waals surface area contributed by atoms with Crippen LogP contribution in [0.5, 0.6) is 0 Å². The van der Waals surface area contributed by atoms with Gasteiger partial charge in [0.25, 0.3) is 0 Å². The van der Waals surface area contributed by atoms with Crippen molar-refractivity contribution in [1.29, 1.82) is 0 Å². The van der Waals surface area contributed by atoms with E-state index >= 15 is 0 Å². The Morgan fingerprint density at radius 2 is 1.50 bits per heavy atom. The molecule has 4 nitrogen and oxygen atoms in total. The molecule has 0 aromatic heterocycles. The van der Waals surface area contributed by atoms with Gasteiger partial charge in [0, 0.05) is 12.8 Å². The Morgan fingerprint density at radius 1 is 1.06 bits per heavy atom. The molecule has 0 unspecified atom stereocenters. The second kappa shape index (κ2) is 9.15. The van der Waals surface area contributed by atoms with Crippen LogP contribution in [0.1, 0.15) is 46.5 Å². The minimum absolute atomic E-state index is 0.00582. The van der Waals surface area contributed by atoms with E-state index in [2.05, 4.69) is 9.96 Å². The van der Waals surface area contributed by atoms with Gasteiger partial charge < -0.3 is 9.96 Å². The fourth-order valence-corrected chi connectivity index (χ4v) is 2.57. The number of carbonyl (C=O) groups is 2. The lowest BCUT2D eigenvalue weighted by Crippen LogP contribution is -2.51. The molecule has 2 amide bonds. The maximum Gasteiger partial charge on any atom is 0.326 e. The average Bonchev–Trinajstić information content (AvgIpc) is 2.18. The highest BCUT2D eigenvalue weighted by atomic mass is 28.3. The van der Waals surface area contributed by atoms with Gasteiger partial charge in [-0.05, 0) is 19.8 Å². The Labute approximate surface area is 99.3 Å². The molecule has 16 heavy (non-hydrogen) atoms. The van der Waals surface area contributed by atoms with Crippen LogP contribution >= 0.6 is 0 Å². The fourth-order valence-electron chi connectivity index (χ4n) is 1.16. The van der Waals surface area contributed by atoms with Crippen LogP contribution in [0.2, 0.25) is 0 Å². The van der Waals surface area contributed by atoms with Crippen molar-refractivity contribution >= 4 is 20.9 Å². The van der Waals surface area contributed by atoms with E-state index in [1.807, 2.05) is 32.5 Å². The van der Waals surface area contributed by atoms with Crippen molar-refractivity contribution in [3.8, 4) is 0 Å². The first kappa shape index (κ1) is 14.9.